The van der Waals surface area contributed by atoms with E-state index in [9.17, 15) is 9.59 Å². The maximum Gasteiger partial charge on any atom is 0.291 e. The molecule has 6 nitrogen and oxygen atoms in total. The molecule has 3 aromatic rings. The third kappa shape index (κ3) is 3.33. The number of hydrogen-bond acceptors (Lipinski definition) is 3. The summed E-state index contributed by atoms with van der Waals surface area (Å²) >= 11 is 5.92. The SMILES string of the molecule is CCc1nn(CC(=O)NCc2cccc(Cl)c2)c(=O)c2cccn12. The van der Waals surface area contributed by atoms with Gasteiger partial charge in [-0.3, -0.25) is 14.0 Å². The topological polar surface area (TPSA) is 68.4 Å². The first kappa shape index (κ1) is 16.3. The number of rotatable bonds is 5. The molecule has 0 aliphatic rings. The summed E-state index contributed by atoms with van der Waals surface area (Å²) in [5, 5.41) is 7.68. The second kappa shape index (κ2) is 6.88. The van der Waals surface area contributed by atoms with E-state index in [2.05, 4.69) is 10.4 Å². The number of fused-ring (bicyclic) bond motifs is 1. The molecular formula is C17H17ClN4O2. The lowest BCUT2D eigenvalue weighted by atomic mass is 10.2. The van der Waals surface area contributed by atoms with Crippen molar-refractivity contribution in [3.63, 3.8) is 0 Å². The van der Waals surface area contributed by atoms with Crippen LogP contribution in [0.3, 0.4) is 0 Å². The lowest BCUT2D eigenvalue weighted by molar-refractivity contribution is -0.122. The van der Waals surface area contributed by atoms with Crippen molar-refractivity contribution in [1.29, 1.82) is 0 Å². The van der Waals surface area contributed by atoms with Crippen molar-refractivity contribution in [3.05, 3.63) is 69.4 Å². The Kier molecular flexibility index (Phi) is 4.66. The van der Waals surface area contributed by atoms with Crippen LogP contribution in [0.2, 0.25) is 5.02 Å². The third-order valence-corrected chi connectivity index (χ3v) is 3.94. The highest BCUT2D eigenvalue weighted by Gasteiger charge is 2.11. The predicted octanol–water partition coefficient (Wildman–Crippen LogP) is 2.03. The number of benzene rings is 1. The lowest BCUT2D eigenvalue weighted by Crippen LogP contribution is -2.35. The van der Waals surface area contributed by atoms with Crippen molar-refractivity contribution < 1.29 is 4.79 Å². The Morgan fingerprint density at radius 1 is 1.29 bits per heavy atom. The number of aryl methyl sites for hydroxylation is 1. The molecule has 0 radical (unpaired) electrons. The highest BCUT2D eigenvalue weighted by molar-refractivity contribution is 6.30. The normalized spacial score (nSPS) is 10.9. The van der Waals surface area contributed by atoms with Crippen molar-refractivity contribution in [1.82, 2.24) is 19.5 Å². The van der Waals surface area contributed by atoms with Crippen LogP contribution >= 0.6 is 11.6 Å². The molecule has 0 saturated heterocycles. The van der Waals surface area contributed by atoms with Gasteiger partial charge in [0.2, 0.25) is 5.91 Å². The zero-order valence-electron chi connectivity index (χ0n) is 13.2. The van der Waals surface area contributed by atoms with Crippen LogP contribution in [0.5, 0.6) is 0 Å². The van der Waals surface area contributed by atoms with E-state index in [1.165, 1.54) is 4.68 Å². The number of aromatic nitrogens is 3. The van der Waals surface area contributed by atoms with Gasteiger partial charge in [0.1, 0.15) is 17.9 Å². The Bertz CT molecular complexity index is 945. The molecule has 0 fully saturated rings. The minimum Gasteiger partial charge on any atom is -0.350 e. The zero-order valence-corrected chi connectivity index (χ0v) is 14.0. The number of nitrogens with zero attached hydrogens (tertiary/aromatic N) is 3. The van der Waals surface area contributed by atoms with E-state index < -0.39 is 0 Å². The molecule has 0 unspecified atom stereocenters. The maximum absolute atomic E-state index is 12.4. The smallest absolute Gasteiger partial charge is 0.291 e. The minimum absolute atomic E-state index is 0.117. The van der Waals surface area contributed by atoms with Crippen LogP contribution in [-0.4, -0.2) is 20.1 Å². The maximum atomic E-state index is 12.4. The average molecular weight is 345 g/mol. The third-order valence-electron chi connectivity index (χ3n) is 3.70. The molecule has 1 amide bonds. The van der Waals surface area contributed by atoms with Crippen LogP contribution in [0, 0.1) is 0 Å². The van der Waals surface area contributed by atoms with E-state index in [0.717, 1.165) is 11.4 Å². The summed E-state index contributed by atoms with van der Waals surface area (Å²) in [4.78, 5) is 24.5. The van der Waals surface area contributed by atoms with Crippen LogP contribution in [0.15, 0.2) is 47.4 Å². The van der Waals surface area contributed by atoms with Gasteiger partial charge >= 0.3 is 0 Å². The summed E-state index contributed by atoms with van der Waals surface area (Å²) in [6, 6.07) is 10.8. The molecule has 7 heteroatoms. The molecule has 0 aliphatic heterocycles. The van der Waals surface area contributed by atoms with Crippen molar-refractivity contribution in [2.45, 2.75) is 26.4 Å². The number of carbonyl (C=O) groups is 1. The van der Waals surface area contributed by atoms with Gasteiger partial charge in [0.15, 0.2) is 0 Å². The molecule has 0 bridgehead atoms. The summed E-state index contributed by atoms with van der Waals surface area (Å²) in [6.45, 7) is 2.19. The van der Waals surface area contributed by atoms with Crippen LogP contribution < -0.4 is 10.9 Å². The second-order valence-corrected chi connectivity index (χ2v) is 5.84. The molecule has 3 rings (SSSR count). The van der Waals surface area contributed by atoms with Crippen LogP contribution in [0.4, 0.5) is 0 Å². The average Bonchev–Trinajstić information content (AvgIpc) is 3.06. The molecule has 2 aromatic heterocycles. The van der Waals surface area contributed by atoms with E-state index in [0.29, 0.717) is 23.5 Å². The molecule has 24 heavy (non-hydrogen) atoms. The molecule has 0 aliphatic carbocycles. The van der Waals surface area contributed by atoms with E-state index >= 15 is 0 Å². The molecule has 124 valence electrons. The quantitative estimate of drug-likeness (QED) is 0.770. The fraction of sp³-hybridized carbons (Fsp3) is 0.235. The summed E-state index contributed by atoms with van der Waals surface area (Å²) in [6.07, 6.45) is 2.46. The van der Waals surface area contributed by atoms with E-state index in [1.807, 2.05) is 19.1 Å². The fourth-order valence-electron chi connectivity index (χ4n) is 2.53. The van der Waals surface area contributed by atoms with Crippen molar-refractivity contribution >= 4 is 23.0 Å². The van der Waals surface area contributed by atoms with Crippen molar-refractivity contribution in [2.75, 3.05) is 0 Å². The van der Waals surface area contributed by atoms with Gasteiger partial charge in [-0.1, -0.05) is 30.7 Å². The van der Waals surface area contributed by atoms with Gasteiger partial charge in [-0.2, -0.15) is 5.10 Å². The Labute approximate surface area is 143 Å². The standard InChI is InChI=1S/C17H17ClN4O2/c1-2-15-20-22(17(24)14-7-4-8-21(14)15)11-16(23)19-10-12-5-3-6-13(18)9-12/h3-9H,2,10-11H2,1H3,(H,19,23). The summed E-state index contributed by atoms with van der Waals surface area (Å²) in [7, 11) is 0. The first-order chi connectivity index (χ1) is 11.6. The Morgan fingerprint density at radius 3 is 2.88 bits per heavy atom. The molecule has 0 atom stereocenters. The van der Waals surface area contributed by atoms with Gasteiger partial charge in [0.05, 0.1) is 0 Å². The monoisotopic (exact) mass is 344 g/mol. The first-order valence-corrected chi connectivity index (χ1v) is 8.04. The van der Waals surface area contributed by atoms with E-state index in [1.54, 1.807) is 34.9 Å². The number of amides is 1. The Balaban J connectivity index is 1.75. The molecule has 0 spiro atoms. The van der Waals surface area contributed by atoms with Crippen LogP contribution in [0.25, 0.3) is 5.52 Å². The van der Waals surface area contributed by atoms with Gasteiger partial charge in [0.25, 0.3) is 5.56 Å². The summed E-state index contributed by atoms with van der Waals surface area (Å²) < 4.78 is 2.96. The molecular weight excluding hydrogens is 328 g/mol. The van der Waals surface area contributed by atoms with E-state index in [-0.39, 0.29) is 18.0 Å². The summed E-state index contributed by atoms with van der Waals surface area (Å²) in [5.41, 5.74) is 1.13. The van der Waals surface area contributed by atoms with Crippen LogP contribution in [0.1, 0.15) is 18.3 Å². The van der Waals surface area contributed by atoms with Gasteiger partial charge < -0.3 is 5.32 Å². The van der Waals surface area contributed by atoms with Gasteiger partial charge in [-0.25, -0.2) is 4.68 Å². The van der Waals surface area contributed by atoms with Crippen LogP contribution in [-0.2, 0) is 24.3 Å². The molecule has 0 saturated carbocycles. The lowest BCUT2D eigenvalue weighted by Gasteiger charge is -2.10. The number of hydrogen-bond donors (Lipinski definition) is 1. The molecule has 1 aromatic carbocycles. The predicted molar refractivity (Wildman–Crippen MR) is 92.1 cm³/mol. The number of halogens is 1. The molecule has 1 N–H and O–H groups in total. The minimum atomic E-state index is -0.282. The van der Waals surface area contributed by atoms with Gasteiger partial charge in [-0.05, 0) is 29.8 Å². The van der Waals surface area contributed by atoms with Crippen molar-refractivity contribution in [3.8, 4) is 0 Å². The summed E-state index contributed by atoms with van der Waals surface area (Å²) in [5.74, 6) is 0.458. The number of nitrogens with one attached hydrogen (secondary N) is 1. The van der Waals surface area contributed by atoms with Gasteiger partial charge in [-0.15, -0.1) is 0 Å². The molecule has 2 heterocycles. The first-order valence-electron chi connectivity index (χ1n) is 7.66. The van der Waals surface area contributed by atoms with Gasteiger partial charge in [0, 0.05) is 24.2 Å². The number of carbonyl (C=O) groups excluding carboxylic acids is 1. The highest BCUT2D eigenvalue weighted by Crippen LogP contribution is 2.10. The largest absolute Gasteiger partial charge is 0.350 e. The Hall–Kier alpha value is -2.60. The second-order valence-electron chi connectivity index (χ2n) is 5.40. The van der Waals surface area contributed by atoms with E-state index in [4.69, 9.17) is 11.6 Å². The fourth-order valence-corrected chi connectivity index (χ4v) is 2.75. The Morgan fingerprint density at radius 2 is 2.12 bits per heavy atom. The van der Waals surface area contributed by atoms with Crippen molar-refractivity contribution in [2.24, 2.45) is 0 Å². The zero-order chi connectivity index (χ0) is 17.1. The highest BCUT2D eigenvalue weighted by atomic mass is 35.5.